The van der Waals surface area contributed by atoms with E-state index in [4.69, 9.17) is 27.9 Å². The molecule has 0 aromatic rings. The Balaban J connectivity index is 5.86. The van der Waals surface area contributed by atoms with E-state index in [1.165, 1.54) is 372 Å². The van der Waals surface area contributed by atoms with E-state index in [0.29, 0.717) is 12.8 Å². The summed E-state index contributed by atoms with van der Waals surface area (Å²) in [6.45, 7) is 13.1. The average Bonchev–Trinajstić information content (AvgIpc) is 3.65. The largest absolute Gasteiger partial charge is 0.393 e. The van der Waals surface area contributed by atoms with Gasteiger partial charge in [0.1, 0.15) is 0 Å². The highest BCUT2D eigenvalue weighted by Gasteiger charge is 2.36. The number of alkyl halides is 2. The van der Waals surface area contributed by atoms with Crippen molar-refractivity contribution in [2.24, 2.45) is 11.8 Å². The van der Waals surface area contributed by atoms with Crippen LogP contribution in [0.5, 0.6) is 0 Å². The van der Waals surface area contributed by atoms with E-state index in [2.05, 4.69) is 27.7 Å². The fourth-order valence-corrected chi connectivity index (χ4v) is 14.6. The van der Waals surface area contributed by atoms with Crippen molar-refractivity contribution in [3.8, 4) is 0 Å². The lowest BCUT2D eigenvalue weighted by molar-refractivity contribution is -0.102. The lowest BCUT2D eigenvalue weighted by atomic mass is 9.84. The van der Waals surface area contributed by atoms with Gasteiger partial charge in [-0.1, -0.05) is 400 Å². The van der Waals surface area contributed by atoms with Crippen LogP contribution in [0.2, 0.25) is 0 Å². The zero-order valence-corrected chi connectivity index (χ0v) is 59.4. The standard InChI is InChI=1S/C78H156Cl2O3/c1-7-11-15-19-23-27-31-35-39-43-47-51-55-59-63-67-75(79)73(65-61-57-53-49-45-41-37-33-29-25-21-17-13-9-3)77(69-71(5)81)83-78(70-72(6)82)74(66-62-58-54-50-46-42-38-34-30-26-22-18-14-10-4)76(80)68-64-60-56-52-48-44-40-36-32-28-24-20-16-12-8-2/h71-78,81-82H,7-70H2,1-6H3. The molecule has 0 aromatic carbocycles. The number of hydrogen-bond donors (Lipinski definition) is 2. The molecule has 500 valence electrons. The number of ether oxygens (including phenoxy) is 1. The predicted molar refractivity (Wildman–Crippen MR) is 376 cm³/mol. The van der Waals surface area contributed by atoms with Gasteiger partial charge in [-0.15, -0.1) is 23.2 Å². The van der Waals surface area contributed by atoms with Crippen LogP contribution in [0, 0.1) is 11.8 Å². The van der Waals surface area contributed by atoms with Crippen molar-refractivity contribution < 1.29 is 14.9 Å². The minimum absolute atomic E-state index is 0.0197. The van der Waals surface area contributed by atoms with E-state index in [1.807, 2.05) is 13.8 Å². The molecule has 0 amide bonds. The van der Waals surface area contributed by atoms with Gasteiger partial charge in [0.15, 0.2) is 0 Å². The molecule has 0 aliphatic heterocycles. The first kappa shape index (κ1) is 83.5. The van der Waals surface area contributed by atoms with Crippen molar-refractivity contribution in [1.82, 2.24) is 0 Å². The fourth-order valence-electron chi connectivity index (χ4n) is 13.8. The maximum atomic E-state index is 11.3. The predicted octanol–water partition coefficient (Wildman–Crippen LogP) is 28.0. The summed E-state index contributed by atoms with van der Waals surface area (Å²) in [7, 11) is 0. The van der Waals surface area contributed by atoms with E-state index >= 15 is 0 Å². The highest BCUT2D eigenvalue weighted by molar-refractivity contribution is 6.21. The van der Waals surface area contributed by atoms with Crippen molar-refractivity contribution in [1.29, 1.82) is 0 Å². The van der Waals surface area contributed by atoms with Gasteiger partial charge in [0.25, 0.3) is 0 Å². The Labute approximate surface area is 534 Å². The quantitative estimate of drug-likeness (QED) is 0.0471. The van der Waals surface area contributed by atoms with Crippen molar-refractivity contribution in [2.75, 3.05) is 0 Å². The summed E-state index contributed by atoms with van der Waals surface area (Å²) < 4.78 is 7.55. The molecule has 5 heteroatoms. The van der Waals surface area contributed by atoms with Crippen LogP contribution >= 0.6 is 23.2 Å². The number of aliphatic hydroxyl groups is 2. The Morgan fingerprint density at radius 1 is 0.229 bits per heavy atom. The first-order valence-electron chi connectivity index (χ1n) is 39.0. The maximum Gasteiger partial charge on any atom is 0.0645 e. The van der Waals surface area contributed by atoms with Crippen molar-refractivity contribution >= 4 is 23.2 Å². The van der Waals surface area contributed by atoms with Gasteiger partial charge in [-0.3, -0.25) is 0 Å². The zero-order valence-electron chi connectivity index (χ0n) is 57.9. The highest BCUT2D eigenvalue weighted by Crippen LogP contribution is 2.37. The second-order valence-electron chi connectivity index (χ2n) is 28.0. The number of halogens is 2. The molecular formula is C78H156Cl2O3. The minimum atomic E-state index is -0.475. The molecule has 83 heavy (non-hydrogen) atoms. The first-order chi connectivity index (χ1) is 40.7. The molecule has 0 fully saturated rings. The van der Waals surface area contributed by atoms with Crippen LogP contribution in [0.3, 0.4) is 0 Å². The molecule has 0 heterocycles. The lowest BCUT2D eigenvalue weighted by Crippen LogP contribution is -2.42. The van der Waals surface area contributed by atoms with E-state index in [9.17, 15) is 10.2 Å². The Kier molecular flexibility index (Phi) is 68.8. The Hall–Kier alpha value is 0.460. The molecule has 0 aromatic heterocycles. The van der Waals surface area contributed by atoms with Crippen LogP contribution in [-0.2, 0) is 4.74 Å². The molecule has 0 saturated carbocycles. The lowest BCUT2D eigenvalue weighted by Gasteiger charge is -2.39. The third-order valence-electron chi connectivity index (χ3n) is 19.3. The van der Waals surface area contributed by atoms with Crippen LogP contribution in [0.1, 0.15) is 452 Å². The summed E-state index contributed by atoms with van der Waals surface area (Å²) in [5.41, 5.74) is 0. The third-order valence-corrected chi connectivity index (χ3v) is 20.4. The molecule has 0 bridgehead atoms. The normalized spacial score (nSPS) is 15.0. The van der Waals surface area contributed by atoms with Crippen LogP contribution in [0.25, 0.3) is 0 Å². The zero-order chi connectivity index (χ0) is 60.6. The van der Waals surface area contributed by atoms with E-state index in [-0.39, 0.29) is 34.8 Å². The van der Waals surface area contributed by atoms with Gasteiger partial charge < -0.3 is 14.9 Å². The second-order valence-corrected chi connectivity index (χ2v) is 29.1. The van der Waals surface area contributed by atoms with Gasteiger partial charge in [0.2, 0.25) is 0 Å². The van der Waals surface area contributed by atoms with Crippen LogP contribution in [0.4, 0.5) is 0 Å². The Morgan fingerprint density at radius 2 is 0.373 bits per heavy atom. The van der Waals surface area contributed by atoms with Crippen molar-refractivity contribution in [3.63, 3.8) is 0 Å². The summed E-state index contributed by atoms with van der Waals surface area (Å²) in [4.78, 5) is 0. The minimum Gasteiger partial charge on any atom is -0.393 e. The van der Waals surface area contributed by atoms with Gasteiger partial charge in [-0.05, 0) is 52.4 Å². The third kappa shape index (κ3) is 59.8. The van der Waals surface area contributed by atoms with Gasteiger partial charge in [0, 0.05) is 22.6 Å². The van der Waals surface area contributed by atoms with Crippen LogP contribution < -0.4 is 0 Å². The van der Waals surface area contributed by atoms with Gasteiger partial charge in [-0.25, -0.2) is 0 Å². The molecule has 2 N–H and O–H groups in total. The smallest absolute Gasteiger partial charge is 0.0645 e. The molecule has 0 radical (unpaired) electrons. The van der Waals surface area contributed by atoms with Gasteiger partial charge >= 0.3 is 0 Å². The maximum absolute atomic E-state index is 11.3. The molecule has 0 rings (SSSR count). The first-order valence-corrected chi connectivity index (χ1v) is 39.9. The van der Waals surface area contributed by atoms with E-state index in [1.54, 1.807) is 0 Å². The molecule has 0 saturated heterocycles. The van der Waals surface area contributed by atoms with Gasteiger partial charge in [-0.2, -0.15) is 0 Å². The highest BCUT2D eigenvalue weighted by atomic mass is 35.5. The molecule has 0 aliphatic carbocycles. The fraction of sp³-hybridized carbons (Fsp3) is 1.00. The molecule has 0 spiro atoms. The summed E-state index contributed by atoms with van der Waals surface area (Å²) in [6, 6.07) is 0. The van der Waals surface area contributed by atoms with Crippen molar-refractivity contribution in [2.45, 2.75) is 488 Å². The SMILES string of the molecule is CCCCCCCCCCCCCCCCCC(Cl)C(CCCCCCCCCCCCCCCC)C(CC(C)O)OC(CC(C)O)C(CCCCCCCCCCCCCCCC)C(Cl)CCCCCCCCCCCCCCCCC. The topological polar surface area (TPSA) is 49.7 Å². The summed E-state index contributed by atoms with van der Waals surface area (Å²) in [5.74, 6) is 0.357. The Bertz CT molecular complexity index is 1090. The van der Waals surface area contributed by atoms with Gasteiger partial charge in [0.05, 0.1) is 24.4 Å². The van der Waals surface area contributed by atoms with E-state index < -0.39 is 12.2 Å². The molecular weight excluding hydrogens is 1060 g/mol. The number of aliphatic hydroxyl groups excluding tert-OH is 2. The van der Waals surface area contributed by atoms with Crippen LogP contribution in [0.15, 0.2) is 0 Å². The van der Waals surface area contributed by atoms with Crippen molar-refractivity contribution in [3.05, 3.63) is 0 Å². The van der Waals surface area contributed by atoms with Crippen LogP contribution in [-0.4, -0.2) is 45.4 Å². The monoisotopic (exact) mass is 1210 g/mol. The number of hydrogen-bond acceptors (Lipinski definition) is 3. The van der Waals surface area contributed by atoms with E-state index in [0.717, 1.165) is 25.7 Å². The number of rotatable bonds is 72. The summed E-state index contributed by atoms with van der Waals surface area (Å²) in [5, 5.41) is 22.5. The Morgan fingerprint density at radius 3 is 0.530 bits per heavy atom. The molecule has 0 aliphatic rings. The average molecular weight is 1210 g/mol. The summed E-state index contributed by atoms with van der Waals surface area (Å²) >= 11 is 15.4. The molecule has 8 unspecified atom stereocenters. The number of unbranched alkanes of at least 4 members (excludes halogenated alkanes) is 54. The molecule has 3 nitrogen and oxygen atoms in total. The summed E-state index contributed by atoms with van der Waals surface area (Å²) in [6.07, 6.45) is 83.4. The molecule has 8 atom stereocenters. The second kappa shape index (κ2) is 68.4.